The molecule has 4 rings (SSSR count). The lowest BCUT2D eigenvalue weighted by atomic mass is 9.88. The summed E-state index contributed by atoms with van der Waals surface area (Å²) < 4.78 is 0. The summed E-state index contributed by atoms with van der Waals surface area (Å²) in [5.41, 5.74) is 3.48. The number of aromatic nitrogens is 1. The van der Waals surface area contributed by atoms with Gasteiger partial charge in [-0.15, -0.1) is 0 Å². The summed E-state index contributed by atoms with van der Waals surface area (Å²) in [7, 11) is 0. The van der Waals surface area contributed by atoms with E-state index in [1.165, 1.54) is 42.3 Å². The normalized spacial score (nSPS) is 18.4. The number of carbonyl (C=O) groups excluding carboxylic acids is 1. The molecule has 1 fully saturated rings. The smallest absolute Gasteiger partial charge is 0.220 e. The lowest BCUT2D eigenvalue weighted by molar-refractivity contribution is -0.121. The number of H-pyrrole nitrogens is 1. The second-order valence-electron chi connectivity index (χ2n) is 8.54. The number of para-hydroxylation sites is 1. The minimum Gasteiger partial charge on any atom is -0.361 e. The van der Waals surface area contributed by atoms with Crippen LogP contribution < -0.4 is 5.32 Å². The molecule has 1 aromatic heterocycles. The predicted molar refractivity (Wildman–Crippen MR) is 124 cm³/mol. The standard InChI is InChI=1S/C26H33N3O/c1-20-10-7-8-16-29(20)17-9-15-27-26(30)18-23(21-11-3-2-4-12-21)24-19-28-25-14-6-5-13-22(24)25/h2-6,11-14,19-20,23,28H,7-10,15-18H2,1H3,(H,27,30). The summed E-state index contributed by atoms with van der Waals surface area (Å²) in [5, 5.41) is 4.36. The Kier molecular flexibility index (Phi) is 6.85. The molecule has 2 N–H and O–H groups in total. The van der Waals surface area contributed by atoms with Crippen molar-refractivity contribution in [2.45, 2.75) is 51.0 Å². The first-order valence-corrected chi connectivity index (χ1v) is 11.3. The highest BCUT2D eigenvalue weighted by molar-refractivity contribution is 5.86. The summed E-state index contributed by atoms with van der Waals surface area (Å²) in [4.78, 5) is 18.8. The van der Waals surface area contributed by atoms with Crippen molar-refractivity contribution in [3.8, 4) is 0 Å². The number of likely N-dealkylation sites (tertiary alicyclic amines) is 1. The molecule has 2 heterocycles. The Morgan fingerprint density at radius 3 is 2.77 bits per heavy atom. The molecule has 4 heteroatoms. The zero-order chi connectivity index (χ0) is 20.8. The van der Waals surface area contributed by atoms with Gasteiger partial charge in [-0.25, -0.2) is 0 Å². The third-order valence-corrected chi connectivity index (χ3v) is 6.47. The van der Waals surface area contributed by atoms with E-state index in [9.17, 15) is 4.79 Å². The van der Waals surface area contributed by atoms with Gasteiger partial charge in [0.15, 0.2) is 0 Å². The van der Waals surface area contributed by atoms with Crippen LogP contribution in [0.25, 0.3) is 10.9 Å². The van der Waals surface area contributed by atoms with Crippen LogP contribution in [-0.2, 0) is 4.79 Å². The lowest BCUT2D eigenvalue weighted by Crippen LogP contribution is -2.39. The number of benzene rings is 2. The van der Waals surface area contributed by atoms with Crippen molar-refractivity contribution >= 4 is 16.8 Å². The van der Waals surface area contributed by atoms with E-state index in [0.29, 0.717) is 12.5 Å². The van der Waals surface area contributed by atoms with Crippen LogP contribution in [0.3, 0.4) is 0 Å². The Morgan fingerprint density at radius 1 is 1.13 bits per heavy atom. The van der Waals surface area contributed by atoms with Crippen molar-refractivity contribution in [2.24, 2.45) is 0 Å². The fraction of sp³-hybridized carbons (Fsp3) is 0.423. The molecule has 30 heavy (non-hydrogen) atoms. The van der Waals surface area contributed by atoms with Crippen LogP contribution in [0.4, 0.5) is 0 Å². The number of amides is 1. The number of hydrogen-bond donors (Lipinski definition) is 2. The van der Waals surface area contributed by atoms with Crippen LogP contribution in [-0.4, -0.2) is 41.5 Å². The van der Waals surface area contributed by atoms with E-state index in [0.717, 1.165) is 25.0 Å². The van der Waals surface area contributed by atoms with Crippen LogP contribution in [0.5, 0.6) is 0 Å². The van der Waals surface area contributed by atoms with E-state index in [1.54, 1.807) is 0 Å². The summed E-state index contributed by atoms with van der Waals surface area (Å²) >= 11 is 0. The van der Waals surface area contributed by atoms with Crippen molar-refractivity contribution in [1.82, 2.24) is 15.2 Å². The first-order valence-electron chi connectivity index (χ1n) is 11.3. The van der Waals surface area contributed by atoms with Gasteiger partial charge in [-0.2, -0.15) is 0 Å². The number of rotatable bonds is 8. The van der Waals surface area contributed by atoms with E-state index in [1.807, 2.05) is 12.1 Å². The Labute approximate surface area is 179 Å². The second kappa shape index (κ2) is 9.94. The summed E-state index contributed by atoms with van der Waals surface area (Å²) in [6, 6.07) is 19.4. The molecule has 0 saturated carbocycles. The number of aromatic amines is 1. The molecule has 1 saturated heterocycles. The average molecular weight is 404 g/mol. The molecular formula is C26H33N3O. The van der Waals surface area contributed by atoms with Crippen molar-refractivity contribution in [1.29, 1.82) is 0 Å². The third-order valence-electron chi connectivity index (χ3n) is 6.47. The maximum atomic E-state index is 12.8. The van der Waals surface area contributed by atoms with Gasteiger partial charge in [-0.05, 0) is 49.9 Å². The Morgan fingerprint density at radius 2 is 1.93 bits per heavy atom. The zero-order valence-corrected chi connectivity index (χ0v) is 17.9. The fourth-order valence-electron chi connectivity index (χ4n) is 4.73. The van der Waals surface area contributed by atoms with E-state index in [4.69, 9.17) is 0 Å². The molecule has 1 aliphatic heterocycles. The Bertz CT molecular complexity index is 949. The van der Waals surface area contributed by atoms with Gasteiger partial charge >= 0.3 is 0 Å². The highest BCUT2D eigenvalue weighted by Crippen LogP contribution is 2.33. The minimum absolute atomic E-state index is 0.0458. The molecule has 1 amide bonds. The molecule has 158 valence electrons. The monoisotopic (exact) mass is 403 g/mol. The highest BCUT2D eigenvalue weighted by atomic mass is 16.1. The van der Waals surface area contributed by atoms with Crippen LogP contribution in [0.1, 0.15) is 56.1 Å². The molecule has 0 spiro atoms. The van der Waals surface area contributed by atoms with Crippen molar-refractivity contribution < 1.29 is 4.79 Å². The SMILES string of the molecule is CC1CCCCN1CCCNC(=O)CC(c1ccccc1)c1c[nH]c2ccccc12. The maximum Gasteiger partial charge on any atom is 0.220 e. The van der Waals surface area contributed by atoms with E-state index >= 15 is 0 Å². The van der Waals surface area contributed by atoms with Gasteiger partial charge in [0, 0.05) is 48.6 Å². The van der Waals surface area contributed by atoms with Gasteiger partial charge in [0.25, 0.3) is 0 Å². The van der Waals surface area contributed by atoms with Crippen molar-refractivity contribution in [2.75, 3.05) is 19.6 Å². The number of nitrogens with one attached hydrogen (secondary N) is 2. The van der Waals surface area contributed by atoms with Gasteiger partial charge in [0.05, 0.1) is 0 Å². The van der Waals surface area contributed by atoms with Crippen molar-refractivity contribution in [3.63, 3.8) is 0 Å². The van der Waals surface area contributed by atoms with Crippen LogP contribution in [0, 0.1) is 0 Å². The Hall–Kier alpha value is -2.59. The molecule has 2 atom stereocenters. The summed E-state index contributed by atoms with van der Waals surface area (Å²) in [6.07, 6.45) is 7.50. The number of piperidine rings is 1. The molecule has 0 bridgehead atoms. The number of hydrogen-bond acceptors (Lipinski definition) is 2. The van der Waals surface area contributed by atoms with Gasteiger partial charge in [0.1, 0.15) is 0 Å². The topological polar surface area (TPSA) is 48.1 Å². The van der Waals surface area contributed by atoms with Gasteiger partial charge in [-0.1, -0.05) is 55.0 Å². The molecule has 1 aliphatic rings. The third kappa shape index (κ3) is 4.93. The largest absolute Gasteiger partial charge is 0.361 e. The molecule has 2 unspecified atom stereocenters. The van der Waals surface area contributed by atoms with Crippen LogP contribution in [0.2, 0.25) is 0 Å². The first-order chi connectivity index (χ1) is 14.7. The van der Waals surface area contributed by atoms with Crippen LogP contribution >= 0.6 is 0 Å². The predicted octanol–water partition coefficient (Wildman–Crippen LogP) is 5.07. The molecule has 4 nitrogen and oxygen atoms in total. The first kappa shape index (κ1) is 20.7. The van der Waals surface area contributed by atoms with Gasteiger partial charge in [0.2, 0.25) is 5.91 Å². The lowest BCUT2D eigenvalue weighted by Gasteiger charge is -2.33. The second-order valence-corrected chi connectivity index (χ2v) is 8.54. The minimum atomic E-state index is 0.0458. The molecule has 2 aromatic carbocycles. The number of carbonyl (C=O) groups is 1. The molecule has 0 aliphatic carbocycles. The quantitative estimate of drug-likeness (QED) is 0.516. The van der Waals surface area contributed by atoms with E-state index < -0.39 is 0 Å². The maximum absolute atomic E-state index is 12.8. The Balaban J connectivity index is 1.39. The van der Waals surface area contributed by atoms with Gasteiger partial charge < -0.3 is 15.2 Å². The van der Waals surface area contributed by atoms with Gasteiger partial charge in [-0.3, -0.25) is 4.79 Å². The fourth-order valence-corrected chi connectivity index (χ4v) is 4.73. The number of fused-ring (bicyclic) bond motifs is 1. The number of nitrogens with zero attached hydrogens (tertiary/aromatic N) is 1. The van der Waals surface area contributed by atoms with Crippen LogP contribution in [0.15, 0.2) is 60.8 Å². The molecule has 3 aromatic rings. The molecular weight excluding hydrogens is 370 g/mol. The highest BCUT2D eigenvalue weighted by Gasteiger charge is 2.21. The molecule has 0 radical (unpaired) electrons. The van der Waals surface area contributed by atoms with Crippen molar-refractivity contribution in [3.05, 3.63) is 71.9 Å². The van der Waals surface area contributed by atoms with E-state index in [-0.39, 0.29) is 11.8 Å². The van der Waals surface area contributed by atoms with E-state index in [2.05, 4.69) is 70.8 Å². The summed E-state index contributed by atoms with van der Waals surface area (Å²) in [6.45, 7) is 5.35. The average Bonchev–Trinajstić information content (AvgIpc) is 3.21. The zero-order valence-electron chi connectivity index (χ0n) is 17.9. The summed E-state index contributed by atoms with van der Waals surface area (Å²) in [5.74, 6) is 0.172.